The minimum absolute atomic E-state index is 0.0145. The van der Waals surface area contributed by atoms with Crippen molar-refractivity contribution in [1.29, 1.82) is 0 Å². The van der Waals surface area contributed by atoms with Crippen molar-refractivity contribution in [1.82, 2.24) is 20.5 Å². The molecule has 5 rings (SSSR count). The largest absolute Gasteiger partial charge is 0.390 e. The van der Waals surface area contributed by atoms with Crippen LogP contribution < -0.4 is 10.6 Å². The van der Waals surface area contributed by atoms with Gasteiger partial charge in [-0.25, -0.2) is 13.8 Å². The van der Waals surface area contributed by atoms with E-state index in [4.69, 9.17) is 0 Å². The molecule has 0 radical (unpaired) electrons. The van der Waals surface area contributed by atoms with Gasteiger partial charge in [-0.2, -0.15) is 0 Å². The van der Waals surface area contributed by atoms with Crippen LogP contribution >= 0.6 is 11.3 Å². The summed E-state index contributed by atoms with van der Waals surface area (Å²) in [5.41, 5.74) is 4.37. The molecule has 1 fully saturated rings. The van der Waals surface area contributed by atoms with Crippen molar-refractivity contribution >= 4 is 23.2 Å². The minimum atomic E-state index is -1.10. The molecule has 1 saturated carbocycles. The van der Waals surface area contributed by atoms with Crippen molar-refractivity contribution in [2.24, 2.45) is 0 Å². The lowest BCUT2D eigenvalue weighted by molar-refractivity contribution is 0.0755. The van der Waals surface area contributed by atoms with Crippen LogP contribution in [0.4, 0.5) is 8.78 Å². The van der Waals surface area contributed by atoms with Gasteiger partial charge in [-0.3, -0.25) is 9.59 Å². The highest BCUT2D eigenvalue weighted by Crippen LogP contribution is 2.45. The number of benzene rings is 3. The molecule has 49 heavy (non-hydrogen) atoms. The zero-order chi connectivity index (χ0) is 35.1. The van der Waals surface area contributed by atoms with Gasteiger partial charge < -0.3 is 20.6 Å². The molecule has 7 nitrogen and oxygen atoms in total. The van der Waals surface area contributed by atoms with Gasteiger partial charge in [0.25, 0.3) is 11.8 Å². The van der Waals surface area contributed by atoms with Gasteiger partial charge in [0.15, 0.2) is 0 Å². The van der Waals surface area contributed by atoms with Gasteiger partial charge in [-0.15, -0.1) is 11.3 Å². The number of hydrogen-bond acceptors (Lipinski definition) is 6. The molecule has 2 atom stereocenters. The van der Waals surface area contributed by atoms with E-state index in [0.29, 0.717) is 40.4 Å². The molecule has 1 aliphatic rings. The molecular weight excluding hydrogens is 643 g/mol. The van der Waals surface area contributed by atoms with Crippen molar-refractivity contribution in [3.63, 3.8) is 0 Å². The van der Waals surface area contributed by atoms with Crippen LogP contribution in [0.15, 0.2) is 66.2 Å². The van der Waals surface area contributed by atoms with Crippen LogP contribution in [0, 0.1) is 18.6 Å². The van der Waals surface area contributed by atoms with Crippen molar-refractivity contribution in [3.05, 3.63) is 111 Å². The Bertz CT molecular complexity index is 1730. The standard InChI is InChI=1S/C39H46F2N4O3S/c1-5-14-45(15-6-2)38(48)28-21-32(25(4)33(22-28)37-42-13-16-49-37)36(47)44-34(20-27-18-30(40)23-31(41)19-27)35(46)24-43-39(11-12-39)29-10-8-9-26(7-3)17-29/h8-10,13,16-19,21-23,34-35,43,46H,5-7,11-12,14-15,20,24H2,1-4H3,(H,44,47)/t34-,35+/m0/s1. The quantitative estimate of drug-likeness (QED) is 0.116. The second kappa shape index (κ2) is 16.1. The Morgan fingerprint density at radius 2 is 1.71 bits per heavy atom. The van der Waals surface area contributed by atoms with E-state index in [1.165, 1.54) is 29.0 Å². The van der Waals surface area contributed by atoms with Gasteiger partial charge in [0.1, 0.15) is 16.6 Å². The molecule has 10 heteroatoms. The molecular formula is C39H46F2N4O3S. The summed E-state index contributed by atoms with van der Waals surface area (Å²) in [4.78, 5) is 34.2. The van der Waals surface area contributed by atoms with E-state index in [1.807, 2.05) is 32.2 Å². The number of nitrogens with one attached hydrogen (secondary N) is 2. The molecule has 3 N–H and O–H groups in total. The number of carbonyl (C=O) groups is 2. The fraction of sp³-hybridized carbons (Fsp3) is 0.410. The van der Waals surface area contributed by atoms with Crippen LogP contribution in [0.3, 0.4) is 0 Å². The minimum Gasteiger partial charge on any atom is -0.390 e. The smallest absolute Gasteiger partial charge is 0.253 e. The highest BCUT2D eigenvalue weighted by atomic mass is 32.1. The summed E-state index contributed by atoms with van der Waals surface area (Å²) in [7, 11) is 0. The molecule has 0 unspecified atom stereocenters. The maximum Gasteiger partial charge on any atom is 0.253 e. The summed E-state index contributed by atoms with van der Waals surface area (Å²) in [6.45, 7) is 9.27. The van der Waals surface area contributed by atoms with E-state index in [1.54, 1.807) is 23.2 Å². The molecule has 0 bridgehead atoms. The van der Waals surface area contributed by atoms with E-state index in [-0.39, 0.29) is 30.0 Å². The fourth-order valence-corrected chi connectivity index (χ4v) is 7.14. The first-order valence-corrected chi connectivity index (χ1v) is 18.1. The van der Waals surface area contributed by atoms with Gasteiger partial charge in [-0.05, 0) is 92.0 Å². The van der Waals surface area contributed by atoms with E-state index in [0.717, 1.165) is 43.7 Å². The number of aromatic nitrogens is 1. The lowest BCUT2D eigenvalue weighted by Gasteiger charge is -2.28. The van der Waals surface area contributed by atoms with Gasteiger partial charge in [0.2, 0.25) is 0 Å². The second-order valence-corrected chi connectivity index (χ2v) is 13.9. The van der Waals surface area contributed by atoms with Gasteiger partial charge in [0.05, 0.1) is 12.1 Å². The summed E-state index contributed by atoms with van der Waals surface area (Å²) in [5, 5.41) is 20.6. The average Bonchev–Trinajstić information content (AvgIpc) is 3.69. The first-order chi connectivity index (χ1) is 23.6. The van der Waals surface area contributed by atoms with Crippen LogP contribution in [-0.2, 0) is 18.4 Å². The maximum atomic E-state index is 14.3. The number of rotatable bonds is 16. The Morgan fingerprint density at radius 3 is 2.33 bits per heavy atom. The van der Waals surface area contributed by atoms with Crippen molar-refractivity contribution in [3.8, 4) is 10.6 Å². The highest BCUT2D eigenvalue weighted by Gasteiger charge is 2.44. The third-order valence-electron chi connectivity index (χ3n) is 9.28. The number of aliphatic hydroxyl groups is 1. The van der Waals surface area contributed by atoms with Crippen LogP contribution in [0.1, 0.15) is 89.4 Å². The van der Waals surface area contributed by atoms with E-state index >= 15 is 0 Å². The Balaban J connectivity index is 1.46. The number of aryl methyl sites for hydroxylation is 1. The number of aliphatic hydroxyl groups excluding tert-OH is 1. The number of hydrogen-bond donors (Lipinski definition) is 3. The molecule has 1 aliphatic carbocycles. The van der Waals surface area contributed by atoms with Crippen LogP contribution in [0.2, 0.25) is 0 Å². The van der Waals surface area contributed by atoms with Crippen molar-refractivity contribution in [2.45, 2.75) is 83.9 Å². The topological polar surface area (TPSA) is 94.6 Å². The maximum absolute atomic E-state index is 14.3. The summed E-state index contributed by atoms with van der Waals surface area (Å²) in [6.07, 6.45) is 4.88. The summed E-state index contributed by atoms with van der Waals surface area (Å²) >= 11 is 1.41. The second-order valence-electron chi connectivity index (χ2n) is 13.0. The monoisotopic (exact) mass is 688 g/mol. The number of amides is 2. The predicted octanol–water partition coefficient (Wildman–Crippen LogP) is 7.20. The molecule has 260 valence electrons. The van der Waals surface area contributed by atoms with Crippen molar-refractivity contribution in [2.75, 3.05) is 19.6 Å². The normalized spacial score (nSPS) is 14.7. The molecule has 1 heterocycles. The molecule has 1 aromatic heterocycles. The molecule has 3 aromatic carbocycles. The number of nitrogens with zero attached hydrogens (tertiary/aromatic N) is 2. The first kappa shape index (κ1) is 36.3. The third-order valence-corrected chi connectivity index (χ3v) is 10.1. The van der Waals surface area contributed by atoms with Crippen LogP contribution in [0.5, 0.6) is 0 Å². The zero-order valence-electron chi connectivity index (χ0n) is 28.7. The van der Waals surface area contributed by atoms with E-state index < -0.39 is 29.7 Å². The lowest BCUT2D eigenvalue weighted by Crippen LogP contribution is -2.50. The summed E-state index contributed by atoms with van der Waals surface area (Å²) < 4.78 is 28.5. The van der Waals surface area contributed by atoms with E-state index in [9.17, 15) is 23.5 Å². The fourth-order valence-electron chi connectivity index (χ4n) is 6.43. The van der Waals surface area contributed by atoms with Crippen LogP contribution in [-0.4, -0.2) is 58.6 Å². The van der Waals surface area contributed by atoms with Gasteiger partial charge in [0, 0.05) is 59.5 Å². The number of carbonyl (C=O) groups excluding carboxylic acids is 2. The van der Waals surface area contributed by atoms with Gasteiger partial charge >= 0.3 is 0 Å². The van der Waals surface area contributed by atoms with Gasteiger partial charge in [-0.1, -0.05) is 45.0 Å². The molecule has 0 spiro atoms. The number of halogens is 2. The molecule has 4 aromatic rings. The highest BCUT2D eigenvalue weighted by molar-refractivity contribution is 7.13. The Kier molecular flexibility index (Phi) is 12.0. The van der Waals surface area contributed by atoms with Crippen molar-refractivity contribution < 1.29 is 23.5 Å². The third kappa shape index (κ3) is 8.79. The molecule has 0 saturated heterocycles. The Morgan fingerprint density at radius 1 is 1.00 bits per heavy atom. The lowest BCUT2D eigenvalue weighted by atomic mass is 9.95. The van der Waals surface area contributed by atoms with E-state index in [2.05, 4.69) is 40.7 Å². The summed E-state index contributed by atoms with van der Waals surface area (Å²) in [6, 6.07) is 14.1. The summed E-state index contributed by atoms with van der Waals surface area (Å²) in [5.74, 6) is -2.15. The average molecular weight is 689 g/mol. The zero-order valence-corrected chi connectivity index (χ0v) is 29.5. The molecule has 2 amide bonds. The predicted molar refractivity (Wildman–Crippen MR) is 191 cm³/mol. The number of thiazole rings is 1. The Labute approximate surface area is 291 Å². The Hall–Kier alpha value is -3.99. The first-order valence-electron chi connectivity index (χ1n) is 17.2. The van der Waals surface area contributed by atoms with Crippen LogP contribution in [0.25, 0.3) is 10.6 Å². The molecule has 0 aliphatic heterocycles. The SMILES string of the molecule is CCCN(CCC)C(=O)c1cc(C(=O)N[C@@H](Cc2cc(F)cc(F)c2)[C@H](O)CNC2(c3cccc(CC)c3)CC2)c(C)c(-c2nccs2)c1.